The Labute approximate surface area is 148 Å². The quantitative estimate of drug-likeness (QED) is 0.709. The molecule has 0 aliphatic carbocycles. The number of fused-ring (bicyclic) bond motifs is 1. The fourth-order valence-corrected chi connectivity index (χ4v) is 3.01. The van der Waals surface area contributed by atoms with Crippen LogP contribution in [0, 0.1) is 0 Å². The molecule has 4 rings (SSSR count). The third-order valence-electron chi connectivity index (χ3n) is 4.32. The molecule has 3 nitrogen and oxygen atoms in total. The first-order chi connectivity index (χ1) is 12.5. The van der Waals surface area contributed by atoms with Gasteiger partial charge in [-0.05, 0) is 11.6 Å². The van der Waals surface area contributed by atoms with Crippen molar-refractivity contribution in [1.82, 2.24) is 9.97 Å². The van der Waals surface area contributed by atoms with Crippen LogP contribution in [0.4, 0.5) is 18.9 Å². The van der Waals surface area contributed by atoms with Crippen molar-refractivity contribution in [3.8, 4) is 11.3 Å². The second-order valence-electron chi connectivity index (χ2n) is 5.97. The lowest BCUT2D eigenvalue weighted by Crippen LogP contribution is -2.38. The standard InChI is InChI=1S/C19H13BF3N3/c21-19(22,23)14-4-6-15(7-5-14)20-10-8-13-2-1-3-16(18(13)26-20)17-9-11-24-12-25-17/h1-12,26H. The van der Waals surface area contributed by atoms with Crippen LogP contribution in [0.25, 0.3) is 17.3 Å². The lowest BCUT2D eigenvalue weighted by atomic mass is 9.54. The molecule has 1 N–H and O–H groups in total. The van der Waals surface area contributed by atoms with Gasteiger partial charge in [-0.2, -0.15) is 13.2 Å². The second-order valence-corrected chi connectivity index (χ2v) is 5.97. The molecule has 0 amide bonds. The van der Waals surface area contributed by atoms with E-state index in [0.29, 0.717) is 0 Å². The van der Waals surface area contributed by atoms with E-state index in [1.165, 1.54) is 18.5 Å². The number of nitrogens with zero attached hydrogens (tertiary/aromatic N) is 2. The Hall–Kier alpha value is -3.09. The van der Waals surface area contributed by atoms with E-state index in [1.54, 1.807) is 6.20 Å². The van der Waals surface area contributed by atoms with Crippen LogP contribution in [0.15, 0.2) is 67.0 Å². The summed E-state index contributed by atoms with van der Waals surface area (Å²) in [4.78, 5) is 8.23. The highest BCUT2D eigenvalue weighted by atomic mass is 19.4. The van der Waals surface area contributed by atoms with Crippen molar-refractivity contribution in [3.05, 3.63) is 78.2 Å². The predicted molar refractivity (Wildman–Crippen MR) is 97.0 cm³/mol. The summed E-state index contributed by atoms with van der Waals surface area (Å²) >= 11 is 0. The van der Waals surface area contributed by atoms with E-state index in [4.69, 9.17) is 0 Å². The molecule has 0 saturated heterocycles. The second kappa shape index (κ2) is 6.33. The fourth-order valence-electron chi connectivity index (χ4n) is 3.01. The lowest BCUT2D eigenvalue weighted by molar-refractivity contribution is -0.137. The predicted octanol–water partition coefficient (Wildman–Crippen LogP) is 4.04. The zero-order valence-corrected chi connectivity index (χ0v) is 13.5. The molecule has 1 aliphatic rings. The normalized spacial score (nSPS) is 13.3. The molecule has 0 atom stereocenters. The molecule has 128 valence electrons. The number of hydrogen-bond acceptors (Lipinski definition) is 3. The number of alkyl halides is 3. The van der Waals surface area contributed by atoms with Gasteiger partial charge in [-0.25, -0.2) is 9.97 Å². The Morgan fingerprint density at radius 3 is 2.46 bits per heavy atom. The summed E-state index contributed by atoms with van der Waals surface area (Å²) in [5.41, 5.74) is 3.72. The van der Waals surface area contributed by atoms with Crippen LogP contribution in [0.2, 0.25) is 0 Å². The van der Waals surface area contributed by atoms with Crippen molar-refractivity contribution in [2.45, 2.75) is 6.18 Å². The monoisotopic (exact) mass is 351 g/mol. The number of para-hydroxylation sites is 1. The Bertz CT molecular complexity index is 954. The third kappa shape index (κ3) is 3.08. The molecule has 0 radical (unpaired) electrons. The zero-order chi connectivity index (χ0) is 18.1. The highest BCUT2D eigenvalue weighted by Crippen LogP contribution is 2.33. The average Bonchev–Trinajstić information content (AvgIpc) is 2.67. The van der Waals surface area contributed by atoms with E-state index in [-0.39, 0.29) is 6.85 Å². The minimum Gasteiger partial charge on any atom is -0.420 e. The molecule has 0 bridgehead atoms. The van der Waals surface area contributed by atoms with Crippen LogP contribution >= 0.6 is 0 Å². The molecule has 7 heteroatoms. The first kappa shape index (κ1) is 16.4. The Morgan fingerprint density at radius 1 is 0.962 bits per heavy atom. The number of hydrogen-bond donors (Lipinski definition) is 1. The summed E-state index contributed by atoms with van der Waals surface area (Å²) in [6, 6.07) is 12.9. The van der Waals surface area contributed by atoms with E-state index in [0.717, 1.165) is 40.1 Å². The average molecular weight is 351 g/mol. The molecule has 1 aliphatic heterocycles. The number of aromatic nitrogens is 2. The third-order valence-corrected chi connectivity index (χ3v) is 4.32. The van der Waals surface area contributed by atoms with Crippen molar-refractivity contribution >= 4 is 24.1 Å². The SMILES string of the molecule is FC(F)(F)c1ccc(B2C=Cc3cccc(-c4ccncn4)c3N2)cc1. The Morgan fingerprint density at radius 2 is 1.77 bits per heavy atom. The van der Waals surface area contributed by atoms with Gasteiger partial charge < -0.3 is 5.23 Å². The molecule has 0 spiro atoms. The number of nitrogens with one attached hydrogen (secondary N) is 1. The van der Waals surface area contributed by atoms with Gasteiger partial charge >= 0.3 is 13.0 Å². The maximum atomic E-state index is 12.8. The minimum absolute atomic E-state index is 0.215. The molecular weight excluding hydrogens is 338 g/mol. The molecule has 0 unspecified atom stereocenters. The zero-order valence-electron chi connectivity index (χ0n) is 13.5. The van der Waals surface area contributed by atoms with Crippen LogP contribution < -0.4 is 10.7 Å². The fraction of sp³-hybridized carbons (Fsp3) is 0.0526. The van der Waals surface area contributed by atoms with Crippen LogP contribution in [0.1, 0.15) is 11.1 Å². The minimum atomic E-state index is -4.33. The van der Waals surface area contributed by atoms with Gasteiger partial charge in [-0.15, -0.1) is 0 Å². The number of rotatable bonds is 2. The Kier molecular flexibility index (Phi) is 3.99. The van der Waals surface area contributed by atoms with E-state index < -0.39 is 11.7 Å². The maximum Gasteiger partial charge on any atom is 0.416 e. The smallest absolute Gasteiger partial charge is 0.416 e. The lowest BCUT2D eigenvalue weighted by Gasteiger charge is -2.23. The number of halogens is 3. The molecule has 1 aromatic heterocycles. The topological polar surface area (TPSA) is 37.8 Å². The summed E-state index contributed by atoms with van der Waals surface area (Å²) in [5, 5.41) is 3.41. The number of benzene rings is 2. The summed E-state index contributed by atoms with van der Waals surface area (Å²) in [6.07, 6.45) is 0.800. The molecule has 0 saturated carbocycles. The van der Waals surface area contributed by atoms with Gasteiger partial charge in [0.25, 0.3) is 0 Å². The van der Waals surface area contributed by atoms with Crippen molar-refractivity contribution in [2.24, 2.45) is 0 Å². The van der Waals surface area contributed by atoms with Gasteiger partial charge in [0, 0.05) is 17.4 Å². The molecule has 2 aromatic carbocycles. The van der Waals surface area contributed by atoms with Gasteiger partial charge in [-0.3, -0.25) is 0 Å². The number of anilines is 1. The Balaban J connectivity index is 1.68. The summed E-state index contributed by atoms with van der Waals surface area (Å²) in [6.45, 7) is -0.215. The van der Waals surface area contributed by atoms with Crippen LogP contribution in [-0.2, 0) is 6.18 Å². The molecule has 3 aromatic rings. The summed E-state index contributed by atoms with van der Waals surface area (Å²) in [7, 11) is 0. The van der Waals surface area contributed by atoms with Crippen molar-refractivity contribution < 1.29 is 13.2 Å². The van der Waals surface area contributed by atoms with Crippen molar-refractivity contribution in [2.75, 3.05) is 5.23 Å². The largest absolute Gasteiger partial charge is 0.420 e. The summed E-state index contributed by atoms with van der Waals surface area (Å²) in [5.74, 6) is 1.94. The summed E-state index contributed by atoms with van der Waals surface area (Å²) < 4.78 is 38.3. The van der Waals surface area contributed by atoms with Crippen LogP contribution in [0.5, 0.6) is 0 Å². The van der Waals surface area contributed by atoms with Gasteiger partial charge in [0.15, 0.2) is 0 Å². The maximum absolute atomic E-state index is 12.8. The molecule has 26 heavy (non-hydrogen) atoms. The first-order valence-electron chi connectivity index (χ1n) is 8.04. The van der Waals surface area contributed by atoms with Gasteiger partial charge in [0.05, 0.1) is 11.3 Å². The van der Waals surface area contributed by atoms with Crippen molar-refractivity contribution in [1.29, 1.82) is 0 Å². The van der Waals surface area contributed by atoms with Crippen LogP contribution in [0.3, 0.4) is 0 Å². The highest BCUT2D eigenvalue weighted by Gasteiger charge is 2.30. The van der Waals surface area contributed by atoms with E-state index in [9.17, 15) is 13.2 Å². The van der Waals surface area contributed by atoms with E-state index in [2.05, 4.69) is 15.2 Å². The molecule has 2 heterocycles. The first-order valence-corrected chi connectivity index (χ1v) is 8.04. The molecule has 0 fully saturated rings. The molecular formula is C19H13BF3N3. The highest BCUT2D eigenvalue weighted by molar-refractivity contribution is 6.81. The van der Waals surface area contributed by atoms with E-state index >= 15 is 0 Å². The van der Waals surface area contributed by atoms with Crippen molar-refractivity contribution in [3.63, 3.8) is 0 Å². The van der Waals surface area contributed by atoms with Gasteiger partial charge in [0.1, 0.15) is 6.33 Å². The van der Waals surface area contributed by atoms with Gasteiger partial charge in [0.2, 0.25) is 0 Å². The van der Waals surface area contributed by atoms with Gasteiger partial charge in [-0.1, -0.05) is 60.0 Å². The van der Waals surface area contributed by atoms with E-state index in [1.807, 2.05) is 36.3 Å². The van der Waals surface area contributed by atoms with Crippen LogP contribution in [-0.4, -0.2) is 16.8 Å².